The summed E-state index contributed by atoms with van der Waals surface area (Å²) in [5, 5.41) is 10.3. The van der Waals surface area contributed by atoms with Gasteiger partial charge in [-0.1, -0.05) is 0 Å². The van der Waals surface area contributed by atoms with Crippen LogP contribution in [-0.4, -0.2) is 17.1 Å². The van der Waals surface area contributed by atoms with Crippen LogP contribution in [0.4, 0.5) is 17.6 Å². The van der Waals surface area contributed by atoms with E-state index in [4.69, 9.17) is 4.91 Å². The molecular formula is C2F4N2O4. The van der Waals surface area contributed by atoms with E-state index >= 15 is 0 Å². The number of nitro groups is 1. The van der Waals surface area contributed by atoms with Gasteiger partial charge < -0.3 is 0 Å². The van der Waals surface area contributed by atoms with Crippen molar-refractivity contribution in [1.82, 2.24) is 0 Å². The third-order valence-electron chi connectivity index (χ3n) is 0.731. The van der Waals surface area contributed by atoms with Crippen molar-refractivity contribution >= 4 is 0 Å². The van der Waals surface area contributed by atoms with Crippen molar-refractivity contribution in [1.29, 1.82) is 0 Å². The highest BCUT2D eigenvalue weighted by atomic mass is 19.3. The number of hydrogen-bond acceptors (Lipinski definition) is 5. The monoisotopic (exact) mass is 192 g/mol. The normalized spacial score (nSPS) is 12.3. The lowest BCUT2D eigenvalue weighted by Crippen LogP contribution is -2.47. The van der Waals surface area contributed by atoms with Crippen LogP contribution in [-0.2, 0) is 4.84 Å². The Morgan fingerprint density at radius 3 is 2.00 bits per heavy atom. The van der Waals surface area contributed by atoms with Gasteiger partial charge in [-0.25, -0.2) is 0 Å². The van der Waals surface area contributed by atoms with Crippen LogP contribution < -0.4 is 0 Å². The van der Waals surface area contributed by atoms with Gasteiger partial charge in [-0.3, -0.25) is 15.0 Å². The highest BCUT2D eigenvalue weighted by Crippen LogP contribution is 2.35. The second kappa shape index (κ2) is 2.87. The van der Waals surface area contributed by atoms with Gasteiger partial charge in [0.15, 0.2) is 5.34 Å². The van der Waals surface area contributed by atoms with Crippen LogP contribution in [0.3, 0.4) is 0 Å². The van der Waals surface area contributed by atoms with Gasteiger partial charge in [0.25, 0.3) is 0 Å². The largest absolute Gasteiger partial charge is 0.620 e. The predicted molar refractivity (Wildman–Crippen MR) is 23.8 cm³/mol. The Morgan fingerprint density at radius 1 is 1.33 bits per heavy atom. The molecular weight excluding hydrogens is 192 g/mol. The average molecular weight is 192 g/mol. The van der Waals surface area contributed by atoms with Crippen molar-refractivity contribution in [2.75, 3.05) is 0 Å². The maximum atomic E-state index is 11.7. The first-order valence-corrected chi connectivity index (χ1v) is 2.16. The Hall–Kier alpha value is -1.48. The Labute approximate surface area is 61.2 Å². The molecule has 0 aliphatic carbocycles. The summed E-state index contributed by atoms with van der Waals surface area (Å²) in [5.41, 5.74) is 0. The van der Waals surface area contributed by atoms with Crippen molar-refractivity contribution in [2.45, 2.75) is 12.2 Å². The smallest absolute Gasteiger partial charge is 0.277 e. The van der Waals surface area contributed by atoms with E-state index in [0.29, 0.717) is 0 Å². The lowest BCUT2D eigenvalue weighted by molar-refractivity contribution is -0.695. The lowest BCUT2D eigenvalue weighted by atomic mass is 10.5. The quantitative estimate of drug-likeness (QED) is 0.220. The molecule has 6 nitrogen and oxygen atoms in total. The lowest BCUT2D eigenvalue weighted by Gasteiger charge is -2.13. The van der Waals surface area contributed by atoms with Gasteiger partial charge in [-0.15, -0.1) is 13.7 Å². The molecule has 0 aliphatic rings. The molecule has 0 unspecified atom stereocenters. The molecule has 0 bridgehead atoms. The van der Waals surface area contributed by atoms with Gasteiger partial charge in [0.2, 0.25) is 0 Å². The minimum Gasteiger partial charge on any atom is -0.277 e. The zero-order chi connectivity index (χ0) is 9.99. The maximum Gasteiger partial charge on any atom is 0.620 e. The highest BCUT2D eigenvalue weighted by molar-refractivity contribution is 4.63. The first-order valence-electron chi connectivity index (χ1n) is 2.16. The summed E-state index contributed by atoms with van der Waals surface area (Å²) in [6.07, 6.45) is -5.54. The van der Waals surface area contributed by atoms with Crippen LogP contribution in [0, 0.1) is 15.0 Å². The minimum atomic E-state index is -5.68. The Kier molecular flexibility index (Phi) is 2.52. The van der Waals surface area contributed by atoms with E-state index in [1.807, 2.05) is 0 Å². The third kappa shape index (κ3) is 1.57. The topological polar surface area (TPSA) is 81.8 Å². The molecule has 0 heterocycles. The van der Waals surface area contributed by atoms with Crippen LogP contribution in [0.2, 0.25) is 0 Å². The van der Waals surface area contributed by atoms with Crippen LogP contribution in [0.1, 0.15) is 0 Å². The van der Waals surface area contributed by atoms with E-state index in [1.165, 1.54) is 0 Å². The molecule has 0 fully saturated rings. The fourth-order valence-corrected chi connectivity index (χ4v) is 0.208. The molecule has 70 valence electrons. The van der Waals surface area contributed by atoms with E-state index in [0.717, 1.165) is 5.34 Å². The van der Waals surface area contributed by atoms with Gasteiger partial charge in [-0.05, 0) is 0 Å². The summed E-state index contributed by atoms with van der Waals surface area (Å²) in [5.74, 6) is 0. The Bertz CT molecular complexity index is 205. The first-order chi connectivity index (χ1) is 5.25. The van der Waals surface area contributed by atoms with E-state index in [-0.39, 0.29) is 0 Å². The fourth-order valence-electron chi connectivity index (χ4n) is 0.208. The molecule has 0 aromatic rings. The summed E-state index contributed by atoms with van der Waals surface area (Å²) < 4.78 is 47.0. The van der Waals surface area contributed by atoms with Crippen molar-refractivity contribution in [3.05, 3.63) is 15.0 Å². The van der Waals surface area contributed by atoms with Gasteiger partial charge >= 0.3 is 12.2 Å². The van der Waals surface area contributed by atoms with Crippen LogP contribution >= 0.6 is 0 Å². The van der Waals surface area contributed by atoms with Crippen LogP contribution in [0.5, 0.6) is 0 Å². The van der Waals surface area contributed by atoms with E-state index < -0.39 is 17.1 Å². The molecule has 0 aromatic carbocycles. The van der Waals surface area contributed by atoms with E-state index in [2.05, 4.69) is 4.84 Å². The van der Waals surface area contributed by atoms with Gasteiger partial charge in [-0.2, -0.15) is 8.78 Å². The van der Waals surface area contributed by atoms with Crippen LogP contribution in [0.15, 0.2) is 5.34 Å². The summed E-state index contributed by atoms with van der Waals surface area (Å²) in [6, 6.07) is -5.68. The molecule has 0 atom stereocenters. The summed E-state index contributed by atoms with van der Waals surface area (Å²) in [7, 11) is 0. The van der Waals surface area contributed by atoms with Gasteiger partial charge in [0, 0.05) is 0 Å². The van der Waals surface area contributed by atoms with Crippen molar-refractivity contribution < 1.29 is 27.3 Å². The Morgan fingerprint density at radius 2 is 1.75 bits per heavy atom. The highest BCUT2D eigenvalue weighted by Gasteiger charge is 2.73. The maximum absolute atomic E-state index is 11.7. The molecule has 12 heavy (non-hydrogen) atoms. The zero-order valence-electron chi connectivity index (χ0n) is 5.04. The third-order valence-corrected chi connectivity index (χ3v) is 0.731. The molecule has 0 rings (SSSR count). The van der Waals surface area contributed by atoms with E-state index in [1.54, 1.807) is 0 Å². The van der Waals surface area contributed by atoms with Crippen molar-refractivity contribution in [3.63, 3.8) is 0 Å². The van der Waals surface area contributed by atoms with Crippen LogP contribution in [0.25, 0.3) is 0 Å². The molecule has 0 aromatic heterocycles. The molecule has 0 amide bonds. The summed E-state index contributed by atoms with van der Waals surface area (Å²) in [4.78, 5) is 18.0. The minimum absolute atomic E-state index is 0.972. The Balaban J connectivity index is 4.73. The van der Waals surface area contributed by atoms with Crippen molar-refractivity contribution in [3.8, 4) is 0 Å². The molecule has 0 aliphatic heterocycles. The number of rotatable bonds is 4. The summed E-state index contributed by atoms with van der Waals surface area (Å²) >= 11 is 0. The van der Waals surface area contributed by atoms with E-state index in [9.17, 15) is 27.7 Å². The molecule has 0 saturated carbocycles. The summed E-state index contributed by atoms with van der Waals surface area (Å²) in [6.45, 7) is 0. The number of halogens is 4. The standard InChI is InChI=1S/C2F4N2O4/c3-1(4,8(10)11)2(5,6)12-7-9. The first kappa shape index (κ1) is 10.5. The fraction of sp³-hybridized carbons (Fsp3) is 1.00. The predicted octanol–water partition coefficient (Wildman–Crippen LogP) is 1.15. The SMILES string of the molecule is O=NOC(F)(F)C(F)(F)[N+](=O)[O-]. The van der Waals surface area contributed by atoms with Gasteiger partial charge in [0.1, 0.15) is 4.92 Å². The zero-order valence-corrected chi connectivity index (χ0v) is 5.04. The van der Waals surface area contributed by atoms with Crippen molar-refractivity contribution in [2.24, 2.45) is 5.34 Å². The number of hydrogen-bond donors (Lipinski definition) is 0. The second-order valence-electron chi connectivity index (χ2n) is 1.48. The molecule has 0 radical (unpaired) electrons. The molecule has 0 N–H and O–H groups in total. The van der Waals surface area contributed by atoms with Gasteiger partial charge in [0.05, 0.1) is 0 Å². The molecule has 0 saturated heterocycles. The second-order valence-corrected chi connectivity index (χ2v) is 1.48. The molecule has 0 spiro atoms. The number of nitrogens with zero attached hydrogens (tertiary/aromatic N) is 2. The molecule has 10 heteroatoms. The average Bonchev–Trinajstić information content (AvgIpc) is 1.86. The number of alkyl halides is 4.